The van der Waals surface area contributed by atoms with Gasteiger partial charge in [0.2, 0.25) is 0 Å². The van der Waals surface area contributed by atoms with Crippen LogP contribution in [0.2, 0.25) is 0 Å². The van der Waals surface area contributed by atoms with E-state index in [-0.39, 0.29) is 0 Å². The molecule has 3 rings (SSSR count). The van der Waals surface area contributed by atoms with Crippen molar-refractivity contribution in [2.45, 2.75) is 25.7 Å². The molecule has 0 heterocycles. The van der Waals surface area contributed by atoms with Gasteiger partial charge in [-0.05, 0) is 49.4 Å². The number of rotatable bonds is 0. The lowest BCUT2D eigenvalue weighted by Crippen LogP contribution is -1.95. The Morgan fingerprint density at radius 2 is 1.38 bits per heavy atom. The molecule has 0 aromatic heterocycles. The van der Waals surface area contributed by atoms with Gasteiger partial charge in [-0.25, -0.2) is 0 Å². The van der Waals surface area contributed by atoms with Gasteiger partial charge in [-0.3, -0.25) is 0 Å². The summed E-state index contributed by atoms with van der Waals surface area (Å²) >= 11 is 0. The molecule has 0 spiro atoms. The van der Waals surface area contributed by atoms with Gasteiger partial charge in [-0.2, -0.15) is 0 Å². The van der Waals surface area contributed by atoms with E-state index in [4.69, 9.17) is 0 Å². The molecule has 3 fully saturated rings. The molecule has 0 heteroatoms. The molecule has 0 saturated heterocycles. The minimum absolute atomic E-state index is 1.21. The molecular formula is C8H12. The minimum Gasteiger partial charge on any atom is -0.0499 e. The van der Waals surface area contributed by atoms with Crippen LogP contribution in [-0.4, -0.2) is 0 Å². The van der Waals surface area contributed by atoms with Crippen molar-refractivity contribution in [2.24, 2.45) is 23.7 Å². The zero-order chi connectivity index (χ0) is 5.14. The van der Waals surface area contributed by atoms with Crippen LogP contribution in [0.25, 0.3) is 0 Å². The summed E-state index contributed by atoms with van der Waals surface area (Å²) < 4.78 is 0. The third kappa shape index (κ3) is 0.284. The lowest BCUT2D eigenvalue weighted by atomic mass is 10.0. The molecule has 4 atom stereocenters. The predicted octanol–water partition coefficient (Wildman–Crippen LogP) is 2.05. The van der Waals surface area contributed by atoms with Crippen molar-refractivity contribution in [3.8, 4) is 0 Å². The van der Waals surface area contributed by atoms with Crippen LogP contribution in [0.4, 0.5) is 0 Å². The molecule has 0 N–H and O–H groups in total. The Kier molecular flexibility index (Phi) is 0.482. The van der Waals surface area contributed by atoms with Crippen LogP contribution < -0.4 is 0 Å². The third-order valence-electron chi connectivity index (χ3n) is 3.62. The van der Waals surface area contributed by atoms with E-state index >= 15 is 0 Å². The van der Waals surface area contributed by atoms with Gasteiger partial charge < -0.3 is 0 Å². The summed E-state index contributed by atoms with van der Waals surface area (Å²) in [4.78, 5) is 0. The Bertz CT molecular complexity index is 114. The molecule has 8 heavy (non-hydrogen) atoms. The maximum atomic E-state index is 1.62. The van der Waals surface area contributed by atoms with Crippen molar-refractivity contribution in [1.82, 2.24) is 0 Å². The van der Waals surface area contributed by atoms with Crippen molar-refractivity contribution < 1.29 is 0 Å². The lowest BCUT2D eigenvalue weighted by Gasteiger charge is -2.04. The topological polar surface area (TPSA) is 0 Å². The SMILES string of the molecule is C1C[C@@H]2C[C@H]1[C@H]1C[C@@H]21. The Balaban J connectivity index is 2.02. The molecule has 0 aromatic rings. The monoisotopic (exact) mass is 108 g/mol. The normalized spacial score (nSPS) is 66.0. The molecule has 3 saturated carbocycles. The summed E-state index contributed by atoms with van der Waals surface area (Å²) in [6.45, 7) is 0. The molecule has 3 aliphatic carbocycles. The van der Waals surface area contributed by atoms with Crippen LogP contribution in [0.1, 0.15) is 25.7 Å². The first-order chi connectivity index (χ1) is 3.95. The van der Waals surface area contributed by atoms with Crippen LogP contribution in [0, 0.1) is 23.7 Å². The molecule has 2 bridgehead atoms. The summed E-state index contributed by atoms with van der Waals surface area (Å²) in [6.07, 6.45) is 6.42. The van der Waals surface area contributed by atoms with Crippen LogP contribution in [0.15, 0.2) is 0 Å². The molecule has 0 radical (unpaired) electrons. The van der Waals surface area contributed by atoms with Gasteiger partial charge in [0.25, 0.3) is 0 Å². The summed E-state index contributed by atoms with van der Waals surface area (Å²) in [7, 11) is 0. The zero-order valence-electron chi connectivity index (χ0n) is 5.14. The highest BCUT2D eigenvalue weighted by Gasteiger charge is 2.56. The predicted molar refractivity (Wildman–Crippen MR) is 32.4 cm³/mol. The number of fused-ring (bicyclic) bond motifs is 5. The van der Waals surface area contributed by atoms with Crippen molar-refractivity contribution in [2.75, 3.05) is 0 Å². The van der Waals surface area contributed by atoms with E-state index < -0.39 is 0 Å². The van der Waals surface area contributed by atoms with E-state index in [1.54, 1.807) is 25.7 Å². The maximum absolute atomic E-state index is 1.62. The third-order valence-corrected chi connectivity index (χ3v) is 3.62. The Morgan fingerprint density at radius 1 is 0.750 bits per heavy atom. The molecule has 0 aliphatic heterocycles. The standard InChI is InChI=1S/C8H12/c1-2-6-3-5(1)7-4-8(6)7/h5-8H,1-4H2/t5-,6+,7+,8-. The molecule has 0 unspecified atom stereocenters. The summed E-state index contributed by atoms with van der Waals surface area (Å²) in [5.41, 5.74) is 0. The van der Waals surface area contributed by atoms with Crippen LogP contribution in [-0.2, 0) is 0 Å². The van der Waals surface area contributed by atoms with Gasteiger partial charge in [0.05, 0.1) is 0 Å². The van der Waals surface area contributed by atoms with Crippen molar-refractivity contribution >= 4 is 0 Å². The van der Waals surface area contributed by atoms with Crippen molar-refractivity contribution in [3.05, 3.63) is 0 Å². The lowest BCUT2D eigenvalue weighted by molar-refractivity contribution is 0.456. The second kappa shape index (κ2) is 0.984. The van der Waals surface area contributed by atoms with Gasteiger partial charge in [0.15, 0.2) is 0 Å². The van der Waals surface area contributed by atoms with Crippen molar-refractivity contribution in [1.29, 1.82) is 0 Å². The molecule has 0 aromatic carbocycles. The van der Waals surface area contributed by atoms with E-state index in [1.165, 1.54) is 23.7 Å². The Hall–Kier alpha value is 0. The van der Waals surface area contributed by atoms with E-state index in [9.17, 15) is 0 Å². The fraction of sp³-hybridized carbons (Fsp3) is 1.00. The quantitative estimate of drug-likeness (QED) is 0.445. The number of hydrogen-bond acceptors (Lipinski definition) is 0. The second-order valence-corrected chi connectivity index (χ2v) is 3.90. The summed E-state index contributed by atoms with van der Waals surface area (Å²) in [6, 6.07) is 0. The van der Waals surface area contributed by atoms with E-state index in [1.807, 2.05) is 0 Å². The first-order valence-electron chi connectivity index (χ1n) is 3.95. The average molecular weight is 108 g/mol. The maximum Gasteiger partial charge on any atom is -0.0352 e. The van der Waals surface area contributed by atoms with Gasteiger partial charge >= 0.3 is 0 Å². The van der Waals surface area contributed by atoms with E-state index in [2.05, 4.69) is 0 Å². The smallest absolute Gasteiger partial charge is 0.0352 e. The fourth-order valence-electron chi connectivity index (χ4n) is 3.15. The van der Waals surface area contributed by atoms with E-state index in [0.717, 1.165) is 0 Å². The van der Waals surface area contributed by atoms with Crippen molar-refractivity contribution in [3.63, 3.8) is 0 Å². The van der Waals surface area contributed by atoms with Crippen LogP contribution in [0.5, 0.6) is 0 Å². The summed E-state index contributed by atoms with van der Waals surface area (Å²) in [5, 5.41) is 0. The van der Waals surface area contributed by atoms with Gasteiger partial charge in [-0.15, -0.1) is 0 Å². The largest absolute Gasteiger partial charge is 0.0499 e. The first kappa shape index (κ1) is 3.92. The van der Waals surface area contributed by atoms with Crippen LogP contribution >= 0.6 is 0 Å². The highest BCUT2D eigenvalue weighted by Crippen LogP contribution is 2.65. The average Bonchev–Trinajstić information content (AvgIpc) is 2.39. The van der Waals surface area contributed by atoms with Crippen LogP contribution in [0.3, 0.4) is 0 Å². The first-order valence-corrected chi connectivity index (χ1v) is 3.95. The Labute approximate surface area is 50.3 Å². The Morgan fingerprint density at radius 3 is 1.75 bits per heavy atom. The molecule has 3 aliphatic rings. The highest BCUT2D eigenvalue weighted by atomic mass is 14.6. The van der Waals surface area contributed by atoms with Gasteiger partial charge in [0, 0.05) is 0 Å². The summed E-state index contributed by atoms with van der Waals surface area (Å²) in [5.74, 6) is 4.91. The minimum atomic E-state index is 1.21. The van der Waals surface area contributed by atoms with Gasteiger partial charge in [0.1, 0.15) is 0 Å². The second-order valence-electron chi connectivity index (χ2n) is 3.90. The van der Waals surface area contributed by atoms with E-state index in [0.29, 0.717) is 0 Å². The van der Waals surface area contributed by atoms with Gasteiger partial charge in [-0.1, -0.05) is 0 Å². The molecule has 0 amide bonds. The number of hydrogen-bond donors (Lipinski definition) is 0. The fourth-order valence-corrected chi connectivity index (χ4v) is 3.15. The molecule has 0 nitrogen and oxygen atoms in total. The zero-order valence-corrected chi connectivity index (χ0v) is 5.14. The molecular weight excluding hydrogens is 96.1 g/mol. The highest BCUT2D eigenvalue weighted by molar-refractivity contribution is 5.06. The molecule has 44 valence electrons.